The van der Waals surface area contributed by atoms with E-state index in [1.165, 1.54) is 18.3 Å². The highest BCUT2D eigenvalue weighted by Gasteiger charge is 2.52. The van der Waals surface area contributed by atoms with Crippen molar-refractivity contribution in [2.24, 2.45) is 5.92 Å². The summed E-state index contributed by atoms with van der Waals surface area (Å²) in [5, 5.41) is 0. The maximum absolute atomic E-state index is 11.9. The zero-order valence-electron chi connectivity index (χ0n) is 15.7. The van der Waals surface area contributed by atoms with Gasteiger partial charge in [-0.05, 0) is 71.6 Å². The number of methoxy groups -OCH3 is 1. The molecular formula is C21H32O3. The summed E-state index contributed by atoms with van der Waals surface area (Å²) in [7, 11) is 1.42. The Labute approximate surface area is 146 Å². The van der Waals surface area contributed by atoms with Crippen LogP contribution in [0.5, 0.6) is 0 Å². The second-order valence-electron chi connectivity index (χ2n) is 7.59. The Hall–Kier alpha value is -1.35. The molecule has 0 radical (unpaired) electrons. The van der Waals surface area contributed by atoms with Crippen molar-refractivity contribution in [2.75, 3.05) is 7.11 Å². The number of carbonyl (C=O) groups is 1. The first-order valence-corrected chi connectivity index (χ1v) is 9.12. The molecule has 3 atom stereocenters. The number of rotatable bonds is 2. The molecule has 0 amide bonds. The van der Waals surface area contributed by atoms with E-state index in [1.54, 1.807) is 0 Å². The fourth-order valence-electron chi connectivity index (χ4n) is 3.56. The van der Waals surface area contributed by atoms with Crippen molar-refractivity contribution >= 4 is 5.97 Å². The first-order chi connectivity index (χ1) is 11.4. The molecule has 2 aliphatic rings. The van der Waals surface area contributed by atoms with Gasteiger partial charge in [0.25, 0.3) is 0 Å². The second-order valence-corrected chi connectivity index (χ2v) is 7.59. The molecule has 0 aromatic heterocycles. The molecule has 1 heterocycles. The van der Waals surface area contributed by atoms with Crippen LogP contribution in [-0.4, -0.2) is 24.8 Å². The molecule has 3 nitrogen and oxygen atoms in total. The van der Waals surface area contributed by atoms with Gasteiger partial charge in [0.05, 0.1) is 18.8 Å². The number of esters is 1. The third-order valence-electron chi connectivity index (χ3n) is 5.53. The van der Waals surface area contributed by atoms with E-state index in [0.29, 0.717) is 5.57 Å². The molecule has 134 valence electrons. The van der Waals surface area contributed by atoms with Gasteiger partial charge in [0, 0.05) is 5.57 Å². The molecule has 0 N–H and O–H groups in total. The number of ether oxygens (including phenoxy) is 2. The fraction of sp³-hybridized carbons (Fsp3) is 0.667. The van der Waals surface area contributed by atoms with Gasteiger partial charge in [0.15, 0.2) is 0 Å². The first kappa shape index (κ1) is 19.0. The zero-order valence-corrected chi connectivity index (χ0v) is 15.7. The summed E-state index contributed by atoms with van der Waals surface area (Å²) >= 11 is 0. The van der Waals surface area contributed by atoms with Crippen LogP contribution in [0.25, 0.3) is 0 Å². The quantitative estimate of drug-likeness (QED) is 0.305. The molecule has 3 heteroatoms. The molecule has 1 fully saturated rings. The number of fused-ring (bicyclic) bond motifs is 1. The highest BCUT2D eigenvalue weighted by atomic mass is 16.6. The summed E-state index contributed by atoms with van der Waals surface area (Å²) in [6, 6.07) is 0. The summed E-state index contributed by atoms with van der Waals surface area (Å²) in [4.78, 5) is 11.9. The van der Waals surface area contributed by atoms with Crippen molar-refractivity contribution < 1.29 is 14.3 Å². The maximum Gasteiger partial charge on any atom is 0.333 e. The van der Waals surface area contributed by atoms with Gasteiger partial charge < -0.3 is 9.47 Å². The van der Waals surface area contributed by atoms with E-state index in [-0.39, 0.29) is 23.6 Å². The van der Waals surface area contributed by atoms with E-state index in [9.17, 15) is 4.79 Å². The van der Waals surface area contributed by atoms with Gasteiger partial charge in [0.1, 0.15) is 0 Å². The number of carbonyl (C=O) groups excluding carboxylic acids is 1. The van der Waals surface area contributed by atoms with Crippen LogP contribution in [0.2, 0.25) is 0 Å². The molecule has 1 aliphatic heterocycles. The van der Waals surface area contributed by atoms with Crippen molar-refractivity contribution in [3.63, 3.8) is 0 Å². The Bertz CT molecular complexity index is 543. The number of hydrogen-bond acceptors (Lipinski definition) is 3. The normalized spacial score (nSPS) is 31.8. The lowest BCUT2D eigenvalue weighted by molar-refractivity contribution is -0.136. The minimum atomic E-state index is -0.288. The lowest BCUT2D eigenvalue weighted by atomic mass is 9.85. The summed E-state index contributed by atoms with van der Waals surface area (Å²) in [5.41, 5.74) is 3.40. The van der Waals surface area contributed by atoms with Gasteiger partial charge in [0.2, 0.25) is 0 Å². The van der Waals surface area contributed by atoms with Gasteiger partial charge in [-0.2, -0.15) is 0 Å². The van der Waals surface area contributed by atoms with E-state index < -0.39 is 0 Å². The van der Waals surface area contributed by atoms with E-state index in [2.05, 4.69) is 39.5 Å². The van der Waals surface area contributed by atoms with E-state index in [0.717, 1.165) is 44.9 Å². The lowest BCUT2D eigenvalue weighted by Gasteiger charge is -2.18. The van der Waals surface area contributed by atoms with Gasteiger partial charge in [-0.25, -0.2) is 4.79 Å². The van der Waals surface area contributed by atoms with Crippen molar-refractivity contribution in [2.45, 2.75) is 77.4 Å². The molecule has 0 spiro atoms. The van der Waals surface area contributed by atoms with Gasteiger partial charge in [-0.15, -0.1) is 0 Å². The van der Waals surface area contributed by atoms with Crippen molar-refractivity contribution in [3.05, 3.63) is 35.5 Å². The Balaban J connectivity index is 2.11. The highest BCUT2D eigenvalue weighted by Crippen LogP contribution is 2.45. The third-order valence-corrected chi connectivity index (χ3v) is 5.53. The second kappa shape index (κ2) is 8.15. The van der Waals surface area contributed by atoms with Crippen LogP contribution in [0, 0.1) is 5.92 Å². The van der Waals surface area contributed by atoms with E-state index in [4.69, 9.17) is 9.47 Å². The minimum Gasteiger partial charge on any atom is -0.466 e. The van der Waals surface area contributed by atoms with E-state index >= 15 is 0 Å². The minimum absolute atomic E-state index is 0.0412. The lowest BCUT2D eigenvalue weighted by Crippen LogP contribution is -2.19. The summed E-state index contributed by atoms with van der Waals surface area (Å²) in [6.45, 7) is 10.6. The largest absolute Gasteiger partial charge is 0.466 e. The van der Waals surface area contributed by atoms with Crippen molar-refractivity contribution in [1.82, 2.24) is 0 Å². The average Bonchev–Trinajstić information content (AvgIpc) is 3.18. The average molecular weight is 332 g/mol. The molecule has 24 heavy (non-hydrogen) atoms. The van der Waals surface area contributed by atoms with Crippen LogP contribution in [0.1, 0.15) is 65.7 Å². The van der Waals surface area contributed by atoms with Gasteiger partial charge in [-0.1, -0.05) is 29.9 Å². The maximum atomic E-state index is 11.9. The number of allylic oxidation sites excluding steroid dienone is 4. The molecule has 0 aromatic rings. The summed E-state index contributed by atoms with van der Waals surface area (Å²) in [6.07, 6.45) is 12.0. The summed E-state index contributed by atoms with van der Waals surface area (Å²) in [5.74, 6) is -0.156. The molecule has 1 aliphatic carbocycles. The molecule has 3 unspecified atom stereocenters. The number of epoxide rings is 1. The van der Waals surface area contributed by atoms with Crippen LogP contribution < -0.4 is 0 Å². The Morgan fingerprint density at radius 1 is 1.25 bits per heavy atom. The molecule has 0 aromatic carbocycles. The molecule has 0 bridgehead atoms. The third kappa shape index (κ3) is 5.07. The predicted octanol–water partition coefficient (Wildman–Crippen LogP) is 5.13. The Morgan fingerprint density at radius 3 is 2.62 bits per heavy atom. The Kier molecular flexibility index (Phi) is 6.45. The molecular weight excluding hydrogens is 300 g/mol. The topological polar surface area (TPSA) is 38.8 Å². The van der Waals surface area contributed by atoms with Crippen LogP contribution in [0.4, 0.5) is 0 Å². The first-order valence-electron chi connectivity index (χ1n) is 9.12. The zero-order chi connectivity index (χ0) is 17.7. The fourth-order valence-corrected chi connectivity index (χ4v) is 3.56. The Morgan fingerprint density at radius 2 is 1.92 bits per heavy atom. The van der Waals surface area contributed by atoms with Crippen LogP contribution in [-0.2, 0) is 14.3 Å². The summed E-state index contributed by atoms with van der Waals surface area (Å²) < 4.78 is 10.9. The molecule has 0 saturated carbocycles. The van der Waals surface area contributed by atoms with Crippen LogP contribution in [0.15, 0.2) is 35.5 Å². The van der Waals surface area contributed by atoms with Crippen molar-refractivity contribution in [3.8, 4) is 0 Å². The monoisotopic (exact) mass is 332 g/mol. The number of hydrogen-bond donors (Lipinski definition) is 0. The van der Waals surface area contributed by atoms with Gasteiger partial charge >= 0.3 is 5.97 Å². The van der Waals surface area contributed by atoms with Crippen molar-refractivity contribution in [1.29, 1.82) is 0 Å². The predicted molar refractivity (Wildman–Crippen MR) is 97.8 cm³/mol. The van der Waals surface area contributed by atoms with Crippen LogP contribution >= 0.6 is 0 Å². The smallest absolute Gasteiger partial charge is 0.333 e. The van der Waals surface area contributed by atoms with E-state index in [1.807, 2.05) is 0 Å². The standard InChI is InChI=1S/C21H32O3/c1-15-8-6-9-16(2)11-12-18(17(3)20(22)23-5)14-19-21(4,24-19)13-7-10-15/h9-10,18-19H,3,6-8,11-14H2,1-2,4-5H3. The van der Waals surface area contributed by atoms with Crippen LogP contribution in [0.3, 0.4) is 0 Å². The molecule has 1 saturated heterocycles. The molecule has 2 rings (SSSR count). The van der Waals surface area contributed by atoms with Gasteiger partial charge in [-0.3, -0.25) is 0 Å². The SMILES string of the molecule is C=C(C(=O)OC)C1CCC(C)=CCCC(C)=CCCC2(C)OC2C1. The highest BCUT2D eigenvalue weighted by molar-refractivity contribution is 5.88.